The van der Waals surface area contributed by atoms with Crippen LogP contribution in [0, 0.1) is 5.92 Å². The molecule has 2 amide bonds. The summed E-state index contributed by atoms with van der Waals surface area (Å²) >= 11 is 0. The monoisotopic (exact) mass is 539 g/mol. The molecule has 5 nitrogen and oxygen atoms in total. The summed E-state index contributed by atoms with van der Waals surface area (Å²) in [5, 5.41) is 6.74. The van der Waals surface area contributed by atoms with Gasteiger partial charge in [0, 0.05) is 6.54 Å². The highest BCUT2D eigenvalue weighted by molar-refractivity contribution is 5.76. The second-order valence-electron chi connectivity index (χ2n) is 12.2. The molecule has 0 spiro atoms. The van der Waals surface area contributed by atoms with Crippen molar-refractivity contribution in [1.29, 1.82) is 0 Å². The van der Waals surface area contributed by atoms with Gasteiger partial charge in [0.15, 0.2) is 0 Å². The number of amides is 2. The minimum atomic E-state index is -0.479. The Balaban J connectivity index is 1.15. The normalized spacial score (nSPS) is 22.2. The molecule has 2 N–H and O–H groups in total. The predicted molar refractivity (Wildman–Crippen MR) is 163 cm³/mol. The van der Waals surface area contributed by atoms with Crippen molar-refractivity contribution in [2.24, 2.45) is 5.92 Å². The summed E-state index contributed by atoms with van der Waals surface area (Å²) in [6, 6.07) is 27.5. The summed E-state index contributed by atoms with van der Waals surface area (Å²) in [5.41, 5.74) is 5.35. The van der Waals surface area contributed by atoms with Crippen LogP contribution in [-0.2, 0) is 23.3 Å². The van der Waals surface area contributed by atoms with Crippen LogP contribution in [0.5, 0.6) is 0 Å². The van der Waals surface area contributed by atoms with E-state index in [1.54, 1.807) is 0 Å². The summed E-state index contributed by atoms with van der Waals surface area (Å²) in [4.78, 5) is 15.8. The smallest absolute Gasteiger partial charge is 0.315 e. The summed E-state index contributed by atoms with van der Waals surface area (Å²) in [7, 11) is 0. The molecule has 3 fully saturated rings. The fraction of sp³-hybridized carbons (Fsp3) is 0.457. The Hall–Kier alpha value is -3.15. The van der Waals surface area contributed by atoms with Crippen LogP contribution >= 0.6 is 0 Å². The second kappa shape index (κ2) is 12.6. The van der Waals surface area contributed by atoms with Gasteiger partial charge in [0.25, 0.3) is 0 Å². The predicted octanol–water partition coefficient (Wildman–Crippen LogP) is 6.91. The van der Waals surface area contributed by atoms with Gasteiger partial charge in [0.05, 0.1) is 24.3 Å². The van der Waals surface area contributed by atoms with E-state index in [2.05, 4.69) is 97.0 Å². The molecule has 0 saturated carbocycles. The maximum absolute atomic E-state index is 13.3. The zero-order valence-corrected chi connectivity index (χ0v) is 24.4. The van der Waals surface area contributed by atoms with Gasteiger partial charge >= 0.3 is 6.03 Å². The highest BCUT2D eigenvalue weighted by Gasteiger charge is 2.47. The minimum absolute atomic E-state index is 0.0559. The van der Waals surface area contributed by atoms with Gasteiger partial charge in [-0.15, -0.1) is 0 Å². The number of nitrogens with one attached hydrogen (secondary N) is 2. The van der Waals surface area contributed by atoms with Gasteiger partial charge in [-0.05, 0) is 86.4 Å². The van der Waals surface area contributed by atoms with Crippen LogP contribution in [0.4, 0.5) is 4.79 Å². The molecule has 3 saturated heterocycles. The highest BCUT2D eigenvalue weighted by atomic mass is 16.5. The van der Waals surface area contributed by atoms with E-state index < -0.39 is 5.54 Å². The summed E-state index contributed by atoms with van der Waals surface area (Å²) in [5.74, 6) is 0.582. The van der Waals surface area contributed by atoms with E-state index in [-0.39, 0.29) is 11.6 Å². The van der Waals surface area contributed by atoms with Gasteiger partial charge in [0.1, 0.15) is 0 Å². The van der Waals surface area contributed by atoms with Crippen molar-refractivity contribution in [1.82, 2.24) is 15.5 Å². The molecular formula is C35H45N3O2. The molecule has 3 aliphatic heterocycles. The van der Waals surface area contributed by atoms with E-state index in [9.17, 15) is 4.79 Å². The maximum Gasteiger partial charge on any atom is 0.315 e. The molecule has 1 atom stereocenters. The van der Waals surface area contributed by atoms with E-state index in [4.69, 9.17) is 4.74 Å². The number of benzene rings is 3. The van der Waals surface area contributed by atoms with Crippen molar-refractivity contribution in [2.45, 2.75) is 70.6 Å². The number of carbonyl (C=O) groups excluding carboxylic acids is 1. The molecule has 0 aromatic heterocycles. The van der Waals surface area contributed by atoms with Crippen LogP contribution in [0.15, 0.2) is 78.9 Å². The van der Waals surface area contributed by atoms with E-state index in [0.717, 1.165) is 31.4 Å². The molecule has 3 aliphatic rings. The van der Waals surface area contributed by atoms with Crippen molar-refractivity contribution < 1.29 is 9.53 Å². The Morgan fingerprint density at radius 3 is 2.17 bits per heavy atom. The number of rotatable bonds is 11. The van der Waals surface area contributed by atoms with Crippen LogP contribution in [0.2, 0.25) is 0 Å². The fourth-order valence-corrected chi connectivity index (χ4v) is 6.62. The number of fused-ring (bicyclic) bond motifs is 3. The van der Waals surface area contributed by atoms with Crippen molar-refractivity contribution in [3.8, 4) is 11.1 Å². The quantitative estimate of drug-likeness (QED) is 0.260. The third-order valence-electron chi connectivity index (χ3n) is 8.90. The minimum Gasteiger partial charge on any atom is -0.376 e. The zero-order chi connectivity index (χ0) is 28.0. The third kappa shape index (κ3) is 6.76. The van der Waals surface area contributed by atoms with Crippen LogP contribution in [0.1, 0.15) is 63.1 Å². The van der Waals surface area contributed by atoms with E-state index in [1.807, 2.05) is 18.2 Å². The van der Waals surface area contributed by atoms with Crippen molar-refractivity contribution in [3.63, 3.8) is 0 Å². The summed E-state index contributed by atoms with van der Waals surface area (Å²) < 4.78 is 5.85. The van der Waals surface area contributed by atoms with Gasteiger partial charge < -0.3 is 20.3 Å². The lowest BCUT2D eigenvalue weighted by atomic mass is 9.70. The molecule has 0 aliphatic carbocycles. The Bertz CT molecular complexity index is 1230. The first-order valence-electron chi connectivity index (χ1n) is 15.0. The van der Waals surface area contributed by atoms with Gasteiger partial charge in [-0.1, -0.05) is 92.2 Å². The summed E-state index contributed by atoms with van der Waals surface area (Å²) in [6.45, 7) is 11.1. The molecule has 6 rings (SSSR count). The molecule has 3 aromatic rings. The number of carbonyl (C=O) groups is 1. The molecule has 0 radical (unpaired) electrons. The average Bonchev–Trinajstić information content (AvgIpc) is 2.96. The first kappa shape index (κ1) is 28.4. The van der Waals surface area contributed by atoms with Gasteiger partial charge in [-0.3, -0.25) is 0 Å². The number of nitrogens with zero attached hydrogens (tertiary/aromatic N) is 1. The van der Waals surface area contributed by atoms with E-state index in [1.165, 1.54) is 48.2 Å². The highest BCUT2D eigenvalue weighted by Crippen LogP contribution is 2.38. The SMILES string of the molecule is CCCC1(NC(=O)NC(C)(C)c2ccc(-c3ccc(CCOCc4ccccc4)cc3)cc2)CN2CCC1CC2. The number of urea groups is 1. The molecular weight excluding hydrogens is 494 g/mol. The molecule has 3 heterocycles. The van der Waals surface area contributed by atoms with Gasteiger partial charge in [0.2, 0.25) is 0 Å². The molecule has 2 bridgehead atoms. The lowest BCUT2D eigenvalue weighted by Gasteiger charge is -2.54. The number of piperidine rings is 3. The third-order valence-corrected chi connectivity index (χ3v) is 8.90. The Kier molecular flexibility index (Phi) is 8.92. The van der Waals surface area contributed by atoms with Crippen molar-refractivity contribution in [2.75, 3.05) is 26.2 Å². The molecule has 212 valence electrons. The van der Waals surface area contributed by atoms with Crippen LogP contribution in [-0.4, -0.2) is 42.7 Å². The first-order valence-corrected chi connectivity index (χ1v) is 15.0. The van der Waals surface area contributed by atoms with Crippen molar-refractivity contribution in [3.05, 3.63) is 95.6 Å². The number of ether oxygens (including phenoxy) is 1. The fourth-order valence-electron chi connectivity index (χ4n) is 6.62. The van der Waals surface area contributed by atoms with E-state index >= 15 is 0 Å². The lowest BCUT2D eigenvalue weighted by molar-refractivity contribution is 0.00685. The largest absolute Gasteiger partial charge is 0.376 e. The van der Waals surface area contributed by atoms with Gasteiger partial charge in [-0.25, -0.2) is 4.79 Å². The average molecular weight is 540 g/mol. The van der Waals surface area contributed by atoms with Crippen LogP contribution < -0.4 is 10.6 Å². The maximum atomic E-state index is 13.3. The Morgan fingerprint density at radius 2 is 1.57 bits per heavy atom. The zero-order valence-electron chi connectivity index (χ0n) is 24.4. The molecule has 40 heavy (non-hydrogen) atoms. The standard InChI is InChI=1S/C35H45N3O2/c1-4-21-35(26-38-22-18-32(35)19-23-38)37-33(39)36-34(2,3)31-16-14-30(15-17-31)29-12-10-27(11-13-29)20-24-40-25-28-8-6-5-7-9-28/h5-17,32H,4,18-26H2,1-3H3,(H2,36,37,39). The molecule has 5 heteroatoms. The lowest BCUT2D eigenvalue weighted by Crippen LogP contribution is -2.68. The number of hydrogen-bond donors (Lipinski definition) is 2. The van der Waals surface area contributed by atoms with E-state index in [0.29, 0.717) is 19.1 Å². The Labute approximate surface area is 240 Å². The van der Waals surface area contributed by atoms with Crippen LogP contribution in [0.25, 0.3) is 11.1 Å². The Morgan fingerprint density at radius 1 is 0.925 bits per heavy atom. The van der Waals surface area contributed by atoms with Gasteiger partial charge in [-0.2, -0.15) is 0 Å². The first-order chi connectivity index (χ1) is 19.4. The molecule has 1 unspecified atom stereocenters. The topological polar surface area (TPSA) is 53.6 Å². The molecule has 3 aromatic carbocycles. The summed E-state index contributed by atoms with van der Waals surface area (Å²) in [6.07, 6.45) is 5.39. The number of hydrogen-bond acceptors (Lipinski definition) is 3. The van der Waals surface area contributed by atoms with Crippen molar-refractivity contribution >= 4 is 6.03 Å². The van der Waals surface area contributed by atoms with Crippen LogP contribution in [0.3, 0.4) is 0 Å². The second-order valence-corrected chi connectivity index (χ2v) is 12.2.